The number of hydrogen-bond donors (Lipinski definition) is 2. The second-order valence-corrected chi connectivity index (χ2v) is 5.00. The Morgan fingerprint density at radius 1 is 1.44 bits per heavy atom. The average Bonchev–Trinajstić information content (AvgIpc) is 2.26. The van der Waals surface area contributed by atoms with Crippen molar-refractivity contribution in [3.05, 3.63) is 35.4 Å². The van der Waals surface area contributed by atoms with Gasteiger partial charge in [-0.1, -0.05) is 29.8 Å². The second kappa shape index (κ2) is 6.21. The minimum absolute atomic E-state index is 0. The summed E-state index contributed by atoms with van der Waals surface area (Å²) in [4.78, 5) is 11.8. The molecule has 1 aromatic rings. The molecule has 0 spiro atoms. The maximum atomic E-state index is 11.8. The SMILES string of the molecule is Cc1cccc(CCNC(=O)C2(N)CCC2)c1.Cl. The van der Waals surface area contributed by atoms with Gasteiger partial charge in [-0.25, -0.2) is 0 Å². The molecule has 0 aliphatic heterocycles. The summed E-state index contributed by atoms with van der Waals surface area (Å²) in [5.74, 6) is 0.0106. The third-order valence-corrected chi connectivity index (χ3v) is 3.48. The summed E-state index contributed by atoms with van der Waals surface area (Å²) in [7, 11) is 0. The summed E-state index contributed by atoms with van der Waals surface area (Å²) in [5, 5.41) is 2.93. The molecule has 0 bridgehead atoms. The minimum Gasteiger partial charge on any atom is -0.354 e. The van der Waals surface area contributed by atoms with E-state index in [1.807, 2.05) is 6.07 Å². The standard InChI is InChI=1S/C14H20N2O.ClH/c1-11-4-2-5-12(10-11)6-9-16-13(17)14(15)7-3-8-14;/h2,4-5,10H,3,6-9,15H2,1H3,(H,16,17);1H. The van der Waals surface area contributed by atoms with Crippen LogP contribution in [0.25, 0.3) is 0 Å². The van der Waals surface area contributed by atoms with E-state index in [9.17, 15) is 4.79 Å². The zero-order chi connectivity index (χ0) is 12.3. The summed E-state index contributed by atoms with van der Waals surface area (Å²) in [6, 6.07) is 8.35. The molecule has 0 atom stereocenters. The predicted molar refractivity (Wildman–Crippen MR) is 75.9 cm³/mol. The van der Waals surface area contributed by atoms with Crippen molar-refractivity contribution in [2.45, 2.75) is 38.1 Å². The van der Waals surface area contributed by atoms with Crippen LogP contribution in [0.2, 0.25) is 0 Å². The summed E-state index contributed by atoms with van der Waals surface area (Å²) in [5.41, 5.74) is 7.87. The van der Waals surface area contributed by atoms with E-state index >= 15 is 0 Å². The van der Waals surface area contributed by atoms with Gasteiger partial charge in [-0.15, -0.1) is 12.4 Å². The number of halogens is 1. The summed E-state index contributed by atoms with van der Waals surface area (Å²) < 4.78 is 0. The molecule has 1 aliphatic carbocycles. The van der Waals surface area contributed by atoms with Gasteiger partial charge in [-0.3, -0.25) is 4.79 Å². The molecule has 1 fully saturated rings. The number of benzene rings is 1. The Hall–Kier alpha value is -1.06. The third kappa shape index (κ3) is 3.47. The van der Waals surface area contributed by atoms with Gasteiger partial charge in [0.15, 0.2) is 0 Å². The number of rotatable bonds is 4. The largest absolute Gasteiger partial charge is 0.354 e. The zero-order valence-corrected chi connectivity index (χ0v) is 11.6. The Kier molecular flexibility index (Phi) is 5.17. The quantitative estimate of drug-likeness (QED) is 0.877. The Morgan fingerprint density at radius 2 is 2.17 bits per heavy atom. The lowest BCUT2D eigenvalue weighted by molar-refractivity contribution is -0.129. The monoisotopic (exact) mass is 268 g/mol. The highest BCUT2D eigenvalue weighted by molar-refractivity contribution is 5.87. The molecule has 0 aromatic heterocycles. The van der Waals surface area contributed by atoms with Crippen molar-refractivity contribution in [1.82, 2.24) is 5.32 Å². The molecule has 0 radical (unpaired) electrons. The predicted octanol–water partition coefficient (Wildman–Crippen LogP) is 1.96. The fraction of sp³-hybridized carbons (Fsp3) is 0.500. The molecule has 1 aromatic carbocycles. The highest BCUT2D eigenvalue weighted by Gasteiger charge is 2.39. The van der Waals surface area contributed by atoms with Gasteiger partial charge in [0, 0.05) is 6.54 Å². The molecule has 2 rings (SSSR count). The third-order valence-electron chi connectivity index (χ3n) is 3.48. The Balaban J connectivity index is 0.00000162. The van der Waals surface area contributed by atoms with Crippen LogP contribution in [0.15, 0.2) is 24.3 Å². The number of nitrogens with one attached hydrogen (secondary N) is 1. The van der Waals surface area contributed by atoms with E-state index in [2.05, 4.69) is 30.4 Å². The Labute approximate surface area is 115 Å². The molecular weight excluding hydrogens is 248 g/mol. The van der Waals surface area contributed by atoms with E-state index in [1.165, 1.54) is 11.1 Å². The molecule has 1 amide bonds. The van der Waals surface area contributed by atoms with E-state index in [0.717, 1.165) is 25.7 Å². The normalized spacial score (nSPS) is 16.3. The van der Waals surface area contributed by atoms with Crippen molar-refractivity contribution >= 4 is 18.3 Å². The first-order chi connectivity index (χ1) is 8.10. The fourth-order valence-corrected chi connectivity index (χ4v) is 2.15. The zero-order valence-electron chi connectivity index (χ0n) is 10.7. The number of nitrogens with two attached hydrogens (primary N) is 1. The maximum absolute atomic E-state index is 11.8. The smallest absolute Gasteiger partial charge is 0.240 e. The number of carbonyl (C=O) groups is 1. The summed E-state index contributed by atoms with van der Waals surface area (Å²) in [6.07, 6.45) is 3.58. The lowest BCUT2D eigenvalue weighted by atomic mass is 9.77. The van der Waals surface area contributed by atoms with Crippen molar-refractivity contribution in [2.75, 3.05) is 6.54 Å². The summed E-state index contributed by atoms with van der Waals surface area (Å²) >= 11 is 0. The molecule has 1 saturated carbocycles. The lowest BCUT2D eigenvalue weighted by Crippen LogP contribution is -2.58. The molecule has 18 heavy (non-hydrogen) atoms. The van der Waals surface area contributed by atoms with E-state index in [-0.39, 0.29) is 18.3 Å². The highest BCUT2D eigenvalue weighted by atomic mass is 35.5. The van der Waals surface area contributed by atoms with Gasteiger partial charge in [0.2, 0.25) is 5.91 Å². The van der Waals surface area contributed by atoms with Gasteiger partial charge in [0.05, 0.1) is 5.54 Å². The van der Waals surface area contributed by atoms with Gasteiger partial charge in [-0.2, -0.15) is 0 Å². The van der Waals surface area contributed by atoms with E-state index in [4.69, 9.17) is 5.73 Å². The van der Waals surface area contributed by atoms with Gasteiger partial charge in [0.25, 0.3) is 0 Å². The molecule has 0 saturated heterocycles. The average molecular weight is 269 g/mol. The van der Waals surface area contributed by atoms with E-state index < -0.39 is 5.54 Å². The molecule has 1 aliphatic rings. The molecule has 3 nitrogen and oxygen atoms in total. The minimum atomic E-state index is -0.577. The van der Waals surface area contributed by atoms with Crippen LogP contribution in [0.4, 0.5) is 0 Å². The van der Waals surface area contributed by atoms with Crippen LogP contribution >= 0.6 is 12.4 Å². The van der Waals surface area contributed by atoms with E-state index in [0.29, 0.717) is 6.54 Å². The van der Waals surface area contributed by atoms with Crippen LogP contribution < -0.4 is 11.1 Å². The first-order valence-electron chi connectivity index (χ1n) is 6.23. The number of hydrogen-bond acceptors (Lipinski definition) is 2. The fourth-order valence-electron chi connectivity index (χ4n) is 2.15. The Morgan fingerprint density at radius 3 is 2.72 bits per heavy atom. The van der Waals surface area contributed by atoms with Crippen molar-refractivity contribution in [2.24, 2.45) is 5.73 Å². The van der Waals surface area contributed by atoms with Crippen LogP contribution in [0, 0.1) is 6.92 Å². The van der Waals surface area contributed by atoms with Crippen molar-refractivity contribution in [1.29, 1.82) is 0 Å². The molecular formula is C14H21ClN2O. The van der Waals surface area contributed by atoms with Crippen molar-refractivity contribution < 1.29 is 4.79 Å². The lowest BCUT2D eigenvalue weighted by Gasteiger charge is -2.36. The van der Waals surface area contributed by atoms with Gasteiger partial charge < -0.3 is 11.1 Å². The van der Waals surface area contributed by atoms with Crippen molar-refractivity contribution in [3.63, 3.8) is 0 Å². The maximum Gasteiger partial charge on any atom is 0.240 e. The Bertz CT molecular complexity index is 416. The van der Waals surface area contributed by atoms with Crippen LogP contribution in [0.5, 0.6) is 0 Å². The van der Waals surface area contributed by atoms with E-state index in [1.54, 1.807) is 0 Å². The van der Waals surface area contributed by atoms with Gasteiger partial charge >= 0.3 is 0 Å². The van der Waals surface area contributed by atoms with Crippen molar-refractivity contribution in [3.8, 4) is 0 Å². The molecule has 3 N–H and O–H groups in total. The van der Waals surface area contributed by atoms with Crippen LogP contribution in [-0.4, -0.2) is 18.0 Å². The summed E-state index contributed by atoms with van der Waals surface area (Å²) in [6.45, 7) is 2.74. The molecule has 0 unspecified atom stereocenters. The first kappa shape index (κ1) is 15.0. The highest BCUT2D eigenvalue weighted by Crippen LogP contribution is 2.28. The number of carbonyl (C=O) groups excluding carboxylic acids is 1. The van der Waals surface area contributed by atoms with Gasteiger partial charge in [0.1, 0.15) is 0 Å². The number of amides is 1. The van der Waals surface area contributed by atoms with Crippen LogP contribution in [-0.2, 0) is 11.2 Å². The first-order valence-corrected chi connectivity index (χ1v) is 6.23. The molecule has 100 valence electrons. The van der Waals surface area contributed by atoms with Crippen LogP contribution in [0.1, 0.15) is 30.4 Å². The number of aryl methyl sites for hydroxylation is 1. The van der Waals surface area contributed by atoms with Gasteiger partial charge in [-0.05, 0) is 38.2 Å². The molecule has 0 heterocycles. The topological polar surface area (TPSA) is 55.1 Å². The second-order valence-electron chi connectivity index (χ2n) is 5.00. The van der Waals surface area contributed by atoms with Crippen LogP contribution in [0.3, 0.4) is 0 Å². The molecule has 4 heteroatoms.